The van der Waals surface area contributed by atoms with Gasteiger partial charge in [-0.3, -0.25) is 14.4 Å². The summed E-state index contributed by atoms with van der Waals surface area (Å²) in [5, 5.41) is 0. The number of anilines is 1. The Labute approximate surface area is 158 Å². The summed E-state index contributed by atoms with van der Waals surface area (Å²) < 4.78 is 5.37. The van der Waals surface area contributed by atoms with Crippen molar-refractivity contribution in [3.05, 3.63) is 54.5 Å². The van der Waals surface area contributed by atoms with Crippen LogP contribution < -0.4 is 4.90 Å². The molecule has 1 aromatic carbocycles. The third-order valence-corrected chi connectivity index (χ3v) is 4.42. The number of nitrogens with zero attached hydrogens (tertiary/aromatic N) is 2. The highest BCUT2D eigenvalue weighted by Gasteiger charge is 2.44. The second-order valence-electron chi connectivity index (χ2n) is 7.96. The summed E-state index contributed by atoms with van der Waals surface area (Å²) in [6.07, 6.45) is 1.78. The molecule has 1 atom stereocenters. The van der Waals surface area contributed by atoms with Gasteiger partial charge in [0.2, 0.25) is 11.8 Å². The van der Waals surface area contributed by atoms with Crippen LogP contribution in [0.2, 0.25) is 0 Å². The SMILES string of the molecule is CC(C)(C)CC(=O)N(Cc1ccco1)C1CC(=O)N(c2ccccc2)C1=O. The van der Waals surface area contributed by atoms with Gasteiger partial charge in [-0.15, -0.1) is 0 Å². The van der Waals surface area contributed by atoms with Gasteiger partial charge in [-0.2, -0.15) is 0 Å². The second-order valence-corrected chi connectivity index (χ2v) is 7.96. The summed E-state index contributed by atoms with van der Waals surface area (Å²) in [4.78, 5) is 41.2. The van der Waals surface area contributed by atoms with E-state index in [4.69, 9.17) is 4.42 Å². The summed E-state index contributed by atoms with van der Waals surface area (Å²) >= 11 is 0. The smallest absolute Gasteiger partial charge is 0.257 e. The van der Waals surface area contributed by atoms with Crippen LogP contribution in [0.15, 0.2) is 53.1 Å². The predicted octanol–water partition coefficient (Wildman–Crippen LogP) is 3.38. The first-order valence-electron chi connectivity index (χ1n) is 9.00. The van der Waals surface area contributed by atoms with Gasteiger partial charge in [-0.05, 0) is 29.7 Å². The van der Waals surface area contributed by atoms with Crippen LogP contribution >= 0.6 is 0 Å². The molecule has 0 bridgehead atoms. The fourth-order valence-corrected chi connectivity index (χ4v) is 3.21. The van der Waals surface area contributed by atoms with Crippen molar-refractivity contribution in [1.29, 1.82) is 0 Å². The van der Waals surface area contributed by atoms with E-state index in [1.54, 1.807) is 36.4 Å². The van der Waals surface area contributed by atoms with Crippen molar-refractivity contribution in [2.45, 2.75) is 46.2 Å². The molecule has 3 amide bonds. The number of rotatable bonds is 5. The van der Waals surface area contributed by atoms with Crippen molar-refractivity contribution < 1.29 is 18.8 Å². The fraction of sp³-hybridized carbons (Fsp3) is 0.381. The predicted molar refractivity (Wildman–Crippen MR) is 101 cm³/mol. The minimum absolute atomic E-state index is 0.0235. The molecular formula is C21H24N2O4. The number of hydrogen-bond acceptors (Lipinski definition) is 4. The van der Waals surface area contributed by atoms with Crippen LogP contribution in [0.1, 0.15) is 39.4 Å². The molecule has 142 valence electrons. The number of para-hydroxylation sites is 1. The molecule has 1 aromatic heterocycles. The van der Waals surface area contributed by atoms with Crippen LogP contribution in [-0.2, 0) is 20.9 Å². The van der Waals surface area contributed by atoms with Crippen molar-refractivity contribution in [3.63, 3.8) is 0 Å². The molecule has 0 spiro atoms. The van der Waals surface area contributed by atoms with E-state index in [0.717, 1.165) is 0 Å². The Morgan fingerprint density at radius 2 is 1.85 bits per heavy atom. The highest BCUT2D eigenvalue weighted by Crippen LogP contribution is 2.29. The van der Waals surface area contributed by atoms with Crippen LogP contribution in [0.4, 0.5) is 5.69 Å². The van der Waals surface area contributed by atoms with E-state index in [-0.39, 0.29) is 42.5 Å². The van der Waals surface area contributed by atoms with Gasteiger partial charge in [0, 0.05) is 6.42 Å². The lowest BCUT2D eigenvalue weighted by Crippen LogP contribution is -2.45. The third kappa shape index (κ3) is 4.27. The van der Waals surface area contributed by atoms with E-state index < -0.39 is 6.04 Å². The van der Waals surface area contributed by atoms with E-state index in [0.29, 0.717) is 11.4 Å². The van der Waals surface area contributed by atoms with Crippen molar-refractivity contribution in [1.82, 2.24) is 4.90 Å². The molecule has 6 nitrogen and oxygen atoms in total. The molecular weight excluding hydrogens is 344 g/mol. The molecule has 1 aliphatic heterocycles. The van der Waals surface area contributed by atoms with Crippen molar-refractivity contribution >= 4 is 23.4 Å². The van der Waals surface area contributed by atoms with Gasteiger partial charge in [-0.1, -0.05) is 39.0 Å². The molecule has 1 unspecified atom stereocenters. The number of imide groups is 1. The summed E-state index contributed by atoms with van der Waals surface area (Å²) in [6.45, 7) is 6.06. The largest absolute Gasteiger partial charge is 0.467 e. The Balaban J connectivity index is 1.88. The zero-order valence-electron chi connectivity index (χ0n) is 15.8. The fourth-order valence-electron chi connectivity index (χ4n) is 3.21. The minimum Gasteiger partial charge on any atom is -0.467 e. The zero-order chi connectivity index (χ0) is 19.6. The van der Waals surface area contributed by atoms with Crippen molar-refractivity contribution in [3.8, 4) is 0 Å². The first-order chi connectivity index (χ1) is 12.8. The second kappa shape index (κ2) is 7.39. The lowest BCUT2D eigenvalue weighted by molar-refractivity contribution is -0.140. The maximum Gasteiger partial charge on any atom is 0.257 e. The molecule has 2 heterocycles. The summed E-state index contributed by atoms with van der Waals surface area (Å²) in [7, 11) is 0. The molecule has 1 aliphatic rings. The van der Waals surface area contributed by atoms with Crippen LogP contribution in [0.3, 0.4) is 0 Å². The van der Waals surface area contributed by atoms with Crippen LogP contribution in [0.5, 0.6) is 0 Å². The average molecular weight is 368 g/mol. The Morgan fingerprint density at radius 1 is 1.15 bits per heavy atom. The molecule has 2 aromatic rings. The summed E-state index contributed by atoms with van der Waals surface area (Å²) in [6, 6.07) is 11.5. The van der Waals surface area contributed by atoms with Crippen LogP contribution in [0.25, 0.3) is 0 Å². The first kappa shape index (κ1) is 18.9. The lowest BCUT2D eigenvalue weighted by Gasteiger charge is -2.29. The lowest BCUT2D eigenvalue weighted by atomic mass is 9.91. The topological polar surface area (TPSA) is 70.8 Å². The van der Waals surface area contributed by atoms with Crippen molar-refractivity contribution in [2.75, 3.05) is 4.90 Å². The quantitative estimate of drug-likeness (QED) is 0.759. The molecule has 6 heteroatoms. The van der Waals surface area contributed by atoms with Gasteiger partial charge in [0.1, 0.15) is 11.8 Å². The minimum atomic E-state index is -0.822. The maximum atomic E-state index is 13.0. The molecule has 0 saturated carbocycles. The highest BCUT2D eigenvalue weighted by atomic mass is 16.3. The molecule has 1 saturated heterocycles. The van der Waals surface area contributed by atoms with Gasteiger partial charge < -0.3 is 9.32 Å². The van der Waals surface area contributed by atoms with Crippen LogP contribution in [0, 0.1) is 5.41 Å². The Hall–Kier alpha value is -2.89. The molecule has 0 aliphatic carbocycles. The van der Waals surface area contributed by atoms with Gasteiger partial charge in [0.15, 0.2) is 0 Å². The summed E-state index contributed by atoms with van der Waals surface area (Å²) in [5.41, 5.74) is 0.291. The van der Waals surface area contributed by atoms with Gasteiger partial charge >= 0.3 is 0 Å². The highest BCUT2D eigenvalue weighted by molar-refractivity contribution is 6.23. The standard InChI is InChI=1S/C21H24N2O4/c1-21(2,3)13-19(25)22(14-16-10-7-11-27-16)17-12-18(24)23(20(17)26)15-8-5-4-6-9-15/h4-11,17H,12-14H2,1-3H3. The van der Waals surface area contributed by atoms with E-state index in [2.05, 4.69) is 0 Å². The van der Waals surface area contributed by atoms with E-state index in [9.17, 15) is 14.4 Å². The summed E-state index contributed by atoms with van der Waals surface area (Å²) in [5.74, 6) is -0.264. The number of benzene rings is 1. The van der Waals surface area contributed by atoms with Gasteiger partial charge in [0.05, 0.1) is 24.9 Å². The maximum absolute atomic E-state index is 13.0. The molecule has 3 rings (SSSR count). The van der Waals surface area contributed by atoms with Crippen molar-refractivity contribution in [2.24, 2.45) is 5.41 Å². The Kier molecular flexibility index (Phi) is 5.17. The Morgan fingerprint density at radius 3 is 2.44 bits per heavy atom. The van der Waals surface area contributed by atoms with Crippen LogP contribution in [-0.4, -0.2) is 28.7 Å². The van der Waals surface area contributed by atoms with Gasteiger partial charge in [-0.25, -0.2) is 4.90 Å². The average Bonchev–Trinajstić information content (AvgIpc) is 3.20. The first-order valence-corrected chi connectivity index (χ1v) is 9.00. The molecule has 27 heavy (non-hydrogen) atoms. The molecule has 1 fully saturated rings. The van der Waals surface area contributed by atoms with Gasteiger partial charge in [0.25, 0.3) is 5.91 Å². The number of carbonyl (C=O) groups is 3. The Bertz CT molecular complexity index is 822. The van der Waals surface area contributed by atoms with E-state index in [1.165, 1.54) is 16.1 Å². The number of furan rings is 1. The van der Waals surface area contributed by atoms with E-state index in [1.807, 2.05) is 26.8 Å². The number of amides is 3. The number of carbonyl (C=O) groups excluding carboxylic acids is 3. The molecule has 0 N–H and O–H groups in total. The number of hydrogen-bond donors (Lipinski definition) is 0. The molecule has 0 radical (unpaired) electrons. The normalized spacial score (nSPS) is 17.4. The zero-order valence-corrected chi connectivity index (χ0v) is 15.8. The van der Waals surface area contributed by atoms with E-state index >= 15 is 0 Å². The monoisotopic (exact) mass is 368 g/mol. The third-order valence-electron chi connectivity index (χ3n) is 4.42.